The van der Waals surface area contributed by atoms with E-state index in [0.29, 0.717) is 11.6 Å². The van der Waals surface area contributed by atoms with Crippen LogP contribution in [0.25, 0.3) is 0 Å². The molecule has 1 saturated heterocycles. The van der Waals surface area contributed by atoms with Gasteiger partial charge in [-0.15, -0.1) is 0 Å². The molecule has 1 aliphatic heterocycles. The summed E-state index contributed by atoms with van der Waals surface area (Å²) in [5.41, 5.74) is 6.33. The zero-order valence-electron chi connectivity index (χ0n) is 8.40. The summed E-state index contributed by atoms with van der Waals surface area (Å²) >= 11 is 0. The molecule has 0 aromatic heterocycles. The minimum atomic E-state index is 0.477. The Morgan fingerprint density at radius 1 is 1.33 bits per heavy atom. The Kier molecular flexibility index (Phi) is 3.53. The van der Waals surface area contributed by atoms with Gasteiger partial charge in [0.15, 0.2) is 0 Å². The lowest BCUT2D eigenvalue weighted by Gasteiger charge is -2.22. The van der Waals surface area contributed by atoms with E-state index in [9.17, 15) is 0 Å². The van der Waals surface area contributed by atoms with Crippen LogP contribution in [0.2, 0.25) is 0 Å². The van der Waals surface area contributed by atoms with Crippen LogP contribution in [0.5, 0.6) is 0 Å². The average Bonchev–Trinajstić information content (AvgIpc) is 2.68. The number of nitrogens with two attached hydrogens (primary N) is 1. The van der Waals surface area contributed by atoms with Gasteiger partial charge >= 0.3 is 0 Å². The number of rotatable bonds is 0. The summed E-state index contributed by atoms with van der Waals surface area (Å²) in [6.45, 7) is 5.22. The van der Waals surface area contributed by atoms with Crippen LogP contribution in [-0.4, -0.2) is 18.1 Å². The second-order valence-electron chi connectivity index (χ2n) is 3.81. The highest BCUT2D eigenvalue weighted by molar-refractivity contribution is 5.00. The molecule has 3 N–H and O–H groups in total. The van der Waals surface area contributed by atoms with E-state index in [1.807, 2.05) is 13.8 Å². The molecule has 1 aliphatic carbocycles. The normalized spacial score (nSPS) is 39.8. The molecule has 0 aromatic rings. The second kappa shape index (κ2) is 4.24. The Morgan fingerprint density at radius 2 is 2.08 bits per heavy atom. The molecule has 2 unspecified atom stereocenters. The van der Waals surface area contributed by atoms with Crippen LogP contribution in [0.4, 0.5) is 0 Å². The molecular weight excluding hydrogens is 148 g/mol. The average molecular weight is 170 g/mol. The highest BCUT2D eigenvalue weighted by Gasteiger charge is 2.39. The van der Waals surface area contributed by atoms with Gasteiger partial charge in [0.25, 0.3) is 0 Å². The first-order valence-corrected chi connectivity index (χ1v) is 5.31. The standard InChI is InChI=1S/C8H16N2.C2H6/c9-7-2-4-8(6-7)3-1-5-10-8;1-2/h7,10H,1-6,9H2;1-2H3. The van der Waals surface area contributed by atoms with Crippen LogP contribution in [-0.2, 0) is 0 Å². The predicted molar refractivity (Wildman–Crippen MR) is 53.1 cm³/mol. The van der Waals surface area contributed by atoms with Crippen molar-refractivity contribution in [2.45, 2.75) is 57.5 Å². The van der Waals surface area contributed by atoms with Gasteiger partial charge in [-0.05, 0) is 38.6 Å². The molecule has 1 saturated carbocycles. The van der Waals surface area contributed by atoms with Gasteiger partial charge in [-0.3, -0.25) is 0 Å². The number of nitrogens with one attached hydrogen (secondary N) is 1. The molecule has 12 heavy (non-hydrogen) atoms. The van der Waals surface area contributed by atoms with Gasteiger partial charge in [-0.25, -0.2) is 0 Å². The fourth-order valence-electron chi connectivity index (χ4n) is 2.42. The maximum Gasteiger partial charge on any atom is 0.0197 e. The van der Waals surface area contributed by atoms with Gasteiger partial charge in [-0.1, -0.05) is 13.8 Å². The van der Waals surface area contributed by atoms with Gasteiger partial charge in [-0.2, -0.15) is 0 Å². The lowest BCUT2D eigenvalue weighted by atomic mass is 9.96. The Labute approximate surface area is 75.9 Å². The first kappa shape index (κ1) is 10.0. The van der Waals surface area contributed by atoms with Gasteiger partial charge in [0.1, 0.15) is 0 Å². The van der Waals surface area contributed by atoms with E-state index in [4.69, 9.17) is 5.73 Å². The molecule has 2 fully saturated rings. The molecule has 0 radical (unpaired) electrons. The van der Waals surface area contributed by atoms with E-state index in [2.05, 4.69) is 5.32 Å². The largest absolute Gasteiger partial charge is 0.328 e. The van der Waals surface area contributed by atoms with Crippen LogP contribution in [0.1, 0.15) is 46.0 Å². The molecule has 2 heteroatoms. The van der Waals surface area contributed by atoms with Crippen molar-refractivity contribution in [2.75, 3.05) is 6.54 Å². The first-order chi connectivity index (χ1) is 5.81. The summed E-state index contributed by atoms with van der Waals surface area (Å²) in [6.07, 6.45) is 6.47. The summed E-state index contributed by atoms with van der Waals surface area (Å²) in [7, 11) is 0. The van der Waals surface area contributed by atoms with Crippen molar-refractivity contribution in [3.63, 3.8) is 0 Å². The zero-order valence-corrected chi connectivity index (χ0v) is 8.40. The maximum absolute atomic E-state index is 5.85. The highest BCUT2D eigenvalue weighted by atomic mass is 15.0. The minimum absolute atomic E-state index is 0.477. The Hall–Kier alpha value is -0.0800. The molecule has 72 valence electrons. The minimum Gasteiger partial charge on any atom is -0.328 e. The van der Waals surface area contributed by atoms with Crippen molar-refractivity contribution >= 4 is 0 Å². The summed E-state index contributed by atoms with van der Waals surface area (Å²) in [4.78, 5) is 0. The quantitative estimate of drug-likeness (QED) is 0.580. The number of hydrogen-bond donors (Lipinski definition) is 2. The molecule has 0 aromatic carbocycles. The van der Waals surface area contributed by atoms with Gasteiger partial charge in [0, 0.05) is 11.6 Å². The van der Waals surface area contributed by atoms with Crippen molar-refractivity contribution in [2.24, 2.45) is 5.73 Å². The Bertz CT molecular complexity index is 128. The molecule has 1 heterocycles. The van der Waals surface area contributed by atoms with E-state index in [1.54, 1.807) is 0 Å². The molecule has 2 atom stereocenters. The fourth-order valence-corrected chi connectivity index (χ4v) is 2.42. The lowest BCUT2D eigenvalue weighted by molar-refractivity contribution is 0.383. The summed E-state index contributed by atoms with van der Waals surface area (Å²) in [5, 5.41) is 3.58. The van der Waals surface area contributed by atoms with Crippen molar-refractivity contribution in [3.05, 3.63) is 0 Å². The third-order valence-corrected chi connectivity index (χ3v) is 2.98. The second-order valence-corrected chi connectivity index (χ2v) is 3.81. The molecule has 2 rings (SSSR count). The van der Waals surface area contributed by atoms with Crippen LogP contribution in [0.3, 0.4) is 0 Å². The van der Waals surface area contributed by atoms with Crippen LogP contribution < -0.4 is 11.1 Å². The lowest BCUT2D eigenvalue weighted by Crippen LogP contribution is -2.38. The summed E-state index contributed by atoms with van der Waals surface area (Å²) in [5.74, 6) is 0. The van der Waals surface area contributed by atoms with Crippen molar-refractivity contribution in [1.82, 2.24) is 5.32 Å². The van der Waals surface area contributed by atoms with Crippen LogP contribution in [0, 0.1) is 0 Å². The van der Waals surface area contributed by atoms with Crippen molar-refractivity contribution < 1.29 is 0 Å². The van der Waals surface area contributed by atoms with E-state index < -0.39 is 0 Å². The molecule has 0 amide bonds. The molecule has 2 aliphatic rings. The van der Waals surface area contributed by atoms with Gasteiger partial charge in [0.2, 0.25) is 0 Å². The van der Waals surface area contributed by atoms with Gasteiger partial charge in [0.05, 0.1) is 0 Å². The molecule has 0 bridgehead atoms. The fraction of sp³-hybridized carbons (Fsp3) is 1.00. The van der Waals surface area contributed by atoms with E-state index in [-0.39, 0.29) is 0 Å². The third kappa shape index (κ3) is 1.99. The first-order valence-electron chi connectivity index (χ1n) is 5.31. The molecule has 1 spiro atoms. The van der Waals surface area contributed by atoms with E-state index in [1.165, 1.54) is 38.6 Å². The molecule has 2 nitrogen and oxygen atoms in total. The Balaban J connectivity index is 0.000000336. The SMILES string of the molecule is CC.NC1CCC2(CCCN2)C1. The maximum atomic E-state index is 5.85. The Morgan fingerprint density at radius 3 is 2.50 bits per heavy atom. The van der Waals surface area contributed by atoms with Crippen LogP contribution in [0.15, 0.2) is 0 Å². The topological polar surface area (TPSA) is 38.0 Å². The molecular formula is C10H22N2. The van der Waals surface area contributed by atoms with Crippen molar-refractivity contribution in [3.8, 4) is 0 Å². The monoisotopic (exact) mass is 170 g/mol. The summed E-state index contributed by atoms with van der Waals surface area (Å²) in [6, 6.07) is 0.477. The van der Waals surface area contributed by atoms with E-state index in [0.717, 1.165) is 0 Å². The zero-order chi connectivity index (χ0) is 9.03. The number of hydrogen-bond acceptors (Lipinski definition) is 2. The smallest absolute Gasteiger partial charge is 0.0197 e. The predicted octanol–water partition coefficient (Wildman–Crippen LogP) is 1.65. The summed E-state index contributed by atoms with van der Waals surface area (Å²) < 4.78 is 0. The third-order valence-electron chi connectivity index (χ3n) is 2.98. The highest BCUT2D eigenvalue weighted by Crippen LogP contribution is 2.35. The van der Waals surface area contributed by atoms with Crippen molar-refractivity contribution in [1.29, 1.82) is 0 Å². The van der Waals surface area contributed by atoms with E-state index >= 15 is 0 Å². The van der Waals surface area contributed by atoms with Crippen LogP contribution >= 0.6 is 0 Å². The van der Waals surface area contributed by atoms with Gasteiger partial charge < -0.3 is 11.1 Å².